The number of rotatable bonds is 8. The highest BCUT2D eigenvalue weighted by Gasteiger charge is 2.17. The van der Waals surface area contributed by atoms with E-state index in [-0.39, 0.29) is 13.2 Å². The van der Waals surface area contributed by atoms with E-state index >= 15 is 0 Å². The van der Waals surface area contributed by atoms with Gasteiger partial charge in [-0.05, 0) is 12.8 Å². The molecule has 2 N–H and O–H groups in total. The predicted molar refractivity (Wildman–Crippen MR) is 71.6 cm³/mol. The Hall–Kier alpha value is -0.540. The molecule has 1 aromatic rings. The number of aryl methyl sites for hydroxylation is 1. The second kappa shape index (κ2) is 7.15. The summed E-state index contributed by atoms with van der Waals surface area (Å²) in [6, 6.07) is 0. The summed E-state index contributed by atoms with van der Waals surface area (Å²) < 4.78 is 27.3. The third-order valence-electron chi connectivity index (χ3n) is 2.40. The molecule has 0 aliphatic carbocycles. The third-order valence-corrected chi connectivity index (χ3v) is 5.05. The second-order valence-electron chi connectivity index (χ2n) is 3.80. The zero-order valence-electron chi connectivity index (χ0n) is 10.6. The predicted octanol–water partition coefficient (Wildman–Crippen LogP) is 0.354. The van der Waals surface area contributed by atoms with E-state index in [0.717, 1.165) is 16.3 Å². The maximum atomic E-state index is 11.8. The lowest BCUT2D eigenvalue weighted by molar-refractivity contribution is 0.275. The molecule has 0 aliphatic heterocycles. The van der Waals surface area contributed by atoms with Crippen LogP contribution < -0.4 is 4.72 Å². The van der Waals surface area contributed by atoms with Crippen LogP contribution in [-0.2, 0) is 23.2 Å². The summed E-state index contributed by atoms with van der Waals surface area (Å²) in [6.45, 7) is 2.51. The number of aliphatic hydroxyl groups is 1. The minimum absolute atomic E-state index is 0.0216. The fourth-order valence-corrected chi connectivity index (χ4v) is 3.07. The molecule has 104 valence electrons. The number of hydrogen-bond acceptors (Lipinski definition) is 5. The molecule has 0 unspecified atom stereocenters. The van der Waals surface area contributed by atoms with Crippen LogP contribution in [0.3, 0.4) is 0 Å². The van der Waals surface area contributed by atoms with Gasteiger partial charge in [-0.25, -0.2) is 4.98 Å². The standard InChI is InChI=1S/C10H19N3O3S2/c1-3-9-7-11-10(17-9)8-12-18(15,16)13(2)5-4-6-14/h7,12,14H,3-6,8H2,1-2H3. The zero-order chi connectivity index (χ0) is 13.6. The first kappa shape index (κ1) is 15.5. The van der Waals surface area contributed by atoms with Crippen molar-refractivity contribution in [3.8, 4) is 0 Å². The Morgan fingerprint density at radius 2 is 2.28 bits per heavy atom. The van der Waals surface area contributed by atoms with E-state index < -0.39 is 10.2 Å². The van der Waals surface area contributed by atoms with E-state index in [1.54, 1.807) is 6.20 Å². The fourth-order valence-electron chi connectivity index (χ4n) is 1.27. The lowest BCUT2D eigenvalue weighted by Crippen LogP contribution is -2.38. The Balaban J connectivity index is 2.50. The van der Waals surface area contributed by atoms with Gasteiger partial charge in [0.05, 0.1) is 6.54 Å². The molecule has 8 heteroatoms. The van der Waals surface area contributed by atoms with Crippen LogP contribution in [0.15, 0.2) is 6.20 Å². The molecule has 1 rings (SSSR count). The van der Waals surface area contributed by atoms with Crippen LogP contribution in [0.1, 0.15) is 23.2 Å². The van der Waals surface area contributed by atoms with Gasteiger partial charge in [-0.15, -0.1) is 11.3 Å². The Kier molecular flexibility index (Phi) is 6.16. The summed E-state index contributed by atoms with van der Waals surface area (Å²) in [4.78, 5) is 5.28. The van der Waals surface area contributed by atoms with Crippen molar-refractivity contribution in [3.05, 3.63) is 16.1 Å². The molecule has 0 aliphatic rings. The molecule has 0 spiro atoms. The normalized spacial score (nSPS) is 12.2. The van der Waals surface area contributed by atoms with Crippen molar-refractivity contribution in [3.63, 3.8) is 0 Å². The zero-order valence-corrected chi connectivity index (χ0v) is 12.2. The lowest BCUT2D eigenvalue weighted by atomic mass is 10.4. The molecule has 0 bridgehead atoms. The molecule has 0 amide bonds. The van der Waals surface area contributed by atoms with E-state index in [4.69, 9.17) is 5.11 Å². The molecular formula is C10H19N3O3S2. The van der Waals surface area contributed by atoms with Gasteiger partial charge in [0, 0.05) is 31.3 Å². The van der Waals surface area contributed by atoms with Gasteiger partial charge in [0.1, 0.15) is 5.01 Å². The van der Waals surface area contributed by atoms with Gasteiger partial charge in [0.25, 0.3) is 10.2 Å². The first-order chi connectivity index (χ1) is 8.49. The van der Waals surface area contributed by atoms with Gasteiger partial charge in [-0.3, -0.25) is 0 Å². The van der Waals surface area contributed by atoms with Crippen molar-refractivity contribution in [1.82, 2.24) is 14.0 Å². The van der Waals surface area contributed by atoms with Crippen LogP contribution in [0.2, 0.25) is 0 Å². The third kappa shape index (κ3) is 4.62. The van der Waals surface area contributed by atoms with E-state index in [2.05, 4.69) is 9.71 Å². The maximum absolute atomic E-state index is 11.8. The number of nitrogens with one attached hydrogen (secondary N) is 1. The van der Waals surface area contributed by atoms with Gasteiger partial charge >= 0.3 is 0 Å². The van der Waals surface area contributed by atoms with Crippen LogP contribution in [-0.4, -0.2) is 43.0 Å². The quantitative estimate of drug-likeness (QED) is 0.725. The van der Waals surface area contributed by atoms with Crippen molar-refractivity contribution in [2.24, 2.45) is 0 Å². The molecule has 1 heterocycles. The topological polar surface area (TPSA) is 82.5 Å². The number of aromatic nitrogens is 1. The summed E-state index contributed by atoms with van der Waals surface area (Å²) in [5.41, 5.74) is 0. The summed E-state index contributed by atoms with van der Waals surface area (Å²) in [5, 5.41) is 9.42. The minimum Gasteiger partial charge on any atom is -0.396 e. The van der Waals surface area contributed by atoms with E-state index in [0.29, 0.717) is 13.0 Å². The number of aliphatic hydroxyl groups excluding tert-OH is 1. The largest absolute Gasteiger partial charge is 0.396 e. The minimum atomic E-state index is -3.49. The highest BCUT2D eigenvalue weighted by Crippen LogP contribution is 2.13. The van der Waals surface area contributed by atoms with Crippen molar-refractivity contribution in [2.45, 2.75) is 26.3 Å². The molecule has 0 aromatic carbocycles. The lowest BCUT2D eigenvalue weighted by Gasteiger charge is -2.16. The molecule has 6 nitrogen and oxygen atoms in total. The average molecular weight is 293 g/mol. The molecule has 0 saturated heterocycles. The second-order valence-corrected chi connectivity index (χ2v) is 6.86. The van der Waals surface area contributed by atoms with Gasteiger partial charge in [0.15, 0.2) is 0 Å². The fraction of sp³-hybridized carbons (Fsp3) is 0.700. The van der Waals surface area contributed by atoms with Crippen LogP contribution in [0.4, 0.5) is 0 Å². The van der Waals surface area contributed by atoms with Crippen LogP contribution in [0.25, 0.3) is 0 Å². The monoisotopic (exact) mass is 293 g/mol. The number of thiazole rings is 1. The smallest absolute Gasteiger partial charge is 0.279 e. The molecule has 0 fully saturated rings. The Morgan fingerprint density at radius 1 is 1.56 bits per heavy atom. The number of hydrogen-bond donors (Lipinski definition) is 2. The van der Waals surface area contributed by atoms with Crippen LogP contribution >= 0.6 is 11.3 Å². The van der Waals surface area contributed by atoms with Gasteiger partial charge in [0.2, 0.25) is 0 Å². The van der Waals surface area contributed by atoms with Crippen LogP contribution in [0.5, 0.6) is 0 Å². The summed E-state index contributed by atoms with van der Waals surface area (Å²) >= 11 is 1.51. The van der Waals surface area contributed by atoms with E-state index in [9.17, 15) is 8.42 Å². The SMILES string of the molecule is CCc1cnc(CNS(=O)(=O)N(C)CCCO)s1. The van der Waals surface area contributed by atoms with E-state index in [1.807, 2.05) is 6.92 Å². The van der Waals surface area contributed by atoms with Gasteiger partial charge in [-0.2, -0.15) is 17.4 Å². The molecule has 1 aromatic heterocycles. The van der Waals surface area contributed by atoms with Crippen molar-refractivity contribution in [2.75, 3.05) is 20.2 Å². The van der Waals surface area contributed by atoms with E-state index in [1.165, 1.54) is 22.7 Å². The average Bonchev–Trinajstić information content (AvgIpc) is 2.81. The summed E-state index contributed by atoms with van der Waals surface area (Å²) in [5.74, 6) is 0. The highest BCUT2D eigenvalue weighted by molar-refractivity contribution is 7.87. The van der Waals surface area contributed by atoms with Crippen LogP contribution in [0, 0.1) is 0 Å². The first-order valence-electron chi connectivity index (χ1n) is 5.75. The molecule has 0 saturated carbocycles. The van der Waals surface area contributed by atoms with Crippen molar-refractivity contribution >= 4 is 21.5 Å². The van der Waals surface area contributed by atoms with Gasteiger partial charge < -0.3 is 5.11 Å². The Labute approximate surface area is 112 Å². The maximum Gasteiger partial charge on any atom is 0.279 e. The number of nitrogens with zero attached hydrogens (tertiary/aromatic N) is 2. The molecule has 0 radical (unpaired) electrons. The highest BCUT2D eigenvalue weighted by atomic mass is 32.2. The summed E-state index contributed by atoms with van der Waals surface area (Å²) in [7, 11) is -2.01. The molecule has 18 heavy (non-hydrogen) atoms. The van der Waals surface area contributed by atoms with Crippen molar-refractivity contribution < 1.29 is 13.5 Å². The molecular weight excluding hydrogens is 274 g/mol. The Bertz CT molecular complexity index is 459. The molecule has 0 atom stereocenters. The first-order valence-corrected chi connectivity index (χ1v) is 8.00. The van der Waals surface area contributed by atoms with Gasteiger partial charge in [-0.1, -0.05) is 6.92 Å². The summed E-state index contributed by atoms with van der Waals surface area (Å²) in [6.07, 6.45) is 3.10. The Morgan fingerprint density at radius 3 is 2.83 bits per heavy atom. The van der Waals surface area contributed by atoms with Crippen molar-refractivity contribution in [1.29, 1.82) is 0 Å².